The van der Waals surface area contributed by atoms with Gasteiger partial charge in [0.25, 0.3) is 0 Å². The van der Waals surface area contributed by atoms with E-state index in [-0.39, 0.29) is 19.1 Å². The van der Waals surface area contributed by atoms with Gasteiger partial charge < -0.3 is 9.47 Å². The molecule has 1 heterocycles. The molecule has 1 aromatic heterocycles. The number of ether oxygens (including phenoxy) is 2. The molecule has 0 fully saturated rings. The minimum absolute atomic E-state index is 0.0110. The van der Waals surface area contributed by atoms with E-state index in [0.717, 1.165) is 5.69 Å². The van der Waals surface area contributed by atoms with Crippen molar-refractivity contribution in [3.63, 3.8) is 0 Å². The molecule has 112 valence electrons. The number of nitriles is 1. The summed E-state index contributed by atoms with van der Waals surface area (Å²) in [6.07, 6.45) is 1.81. The molecular weight excluding hydrogens is 280 g/mol. The molecule has 0 unspecified atom stereocenters. The molecule has 0 bridgehead atoms. The lowest BCUT2D eigenvalue weighted by Crippen LogP contribution is -2.40. The Kier molecular flexibility index (Phi) is 5.23. The summed E-state index contributed by atoms with van der Waals surface area (Å²) in [5.74, 6) is 0.685. The molecule has 22 heavy (non-hydrogen) atoms. The van der Waals surface area contributed by atoms with Gasteiger partial charge in [-0.1, -0.05) is 0 Å². The zero-order valence-corrected chi connectivity index (χ0v) is 12.6. The van der Waals surface area contributed by atoms with Gasteiger partial charge in [0.1, 0.15) is 5.75 Å². The van der Waals surface area contributed by atoms with Gasteiger partial charge in [-0.2, -0.15) is 9.83 Å². The molecular formula is C17H17N2O3+. The summed E-state index contributed by atoms with van der Waals surface area (Å²) < 4.78 is 12.1. The Morgan fingerprint density at radius 1 is 1.27 bits per heavy atom. The first-order valence-corrected chi connectivity index (χ1v) is 6.79. The van der Waals surface area contributed by atoms with Crippen LogP contribution < -0.4 is 9.30 Å². The molecule has 2 rings (SSSR count). The van der Waals surface area contributed by atoms with Gasteiger partial charge in [-0.3, -0.25) is 4.79 Å². The van der Waals surface area contributed by atoms with Crippen LogP contribution in [-0.2, 0) is 11.3 Å². The highest BCUT2D eigenvalue weighted by Gasteiger charge is 2.15. The maximum Gasteiger partial charge on any atom is 0.227 e. The molecule has 5 heteroatoms. The fourth-order valence-corrected chi connectivity index (χ4v) is 1.99. The molecule has 1 aromatic carbocycles. The third-order valence-corrected chi connectivity index (χ3v) is 3.22. The number of aryl methyl sites for hydroxylation is 1. The van der Waals surface area contributed by atoms with Crippen molar-refractivity contribution < 1.29 is 18.8 Å². The molecule has 0 aliphatic rings. The van der Waals surface area contributed by atoms with Crippen LogP contribution in [0.25, 0.3) is 0 Å². The van der Waals surface area contributed by atoms with Gasteiger partial charge in [0.05, 0.1) is 11.6 Å². The number of benzene rings is 1. The zero-order valence-electron chi connectivity index (χ0n) is 12.6. The Morgan fingerprint density at radius 2 is 2.00 bits per heavy atom. The fourth-order valence-electron chi connectivity index (χ4n) is 1.99. The Balaban J connectivity index is 2.09. The van der Waals surface area contributed by atoms with Crippen LogP contribution in [-0.4, -0.2) is 19.7 Å². The number of carbonyl (C=O) groups excluding carboxylic acids is 1. The average Bonchev–Trinajstić information content (AvgIpc) is 2.55. The third-order valence-electron chi connectivity index (χ3n) is 3.22. The summed E-state index contributed by atoms with van der Waals surface area (Å²) in [7, 11) is 1.56. The largest absolute Gasteiger partial charge is 0.467 e. The molecule has 0 spiro atoms. The Morgan fingerprint density at radius 3 is 2.59 bits per heavy atom. The lowest BCUT2D eigenvalue weighted by Gasteiger charge is -2.05. The molecule has 0 N–H and O–H groups in total. The maximum atomic E-state index is 12.3. The van der Waals surface area contributed by atoms with Crippen molar-refractivity contribution in [3.05, 3.63) is 59.4 Å². The fraction of sp³-hybridized carbons (Fsp3) is 0.235. The number of hydrogen-bond acceptors (Lipinski definition) is 4. The number of rotatable bonds is 6. The van der Waals surface area contributed by atoms with Crippen LogP contribution in [0.15, 0.2) is 42.6 Å². The SMILES string of the molecule is COCOc1cc[n+](CC(=O)c2ccc(C#N)cc2)c(C)c1. The Bertz CT molecular complexity index is 703. The predicted octanol–water partition coefficient (Wildman–Crippen LogP) is 2.02. The highest BCUT2D eigenvalue weighted by molar-refractivity contribution is 5.95. The number of aromatic nitrogens is 1. The van der Waals surface area contributed by atoms with E-state index in [1.54, 1.807) is 37.4 Å². The second-order valence-corrected chi connectivity index (χ2v) is 4.79. The van der Waals surface area contributed by atoms with E-state index in [1.807, 2.05) is 29.8 Å². The van der Waals surface area contributed by atoms with Crippen LogP contribution in [0, 0.1) is 18.3 Å². The van der Waals surface area contributed by atoms with Crippen molar-refractivity contribution in [1.82, 2.24) is 0 Å². The Hall–Kier alpha value is -2.71. The molecule has 0 saturated heterocycles. The molecule has 0 radical (unpaired) electrons. The van der Waals surface area contributed by atoms with Crippen LogP contribution in [0.1, 0.15) is 21.6 Å². The van der Waals surface area contributed by atoms with Crippen LogP contribution >= 0.6 is 0 Å². The van der Waals surface area contributed by atoms with E-state index >= 15 is 0 Å². The minimum atomic E-state index is -0.0110. The third kappa shape index (κ3) is 3.90. The number of methoxy groups -OCH3 is 1. The number of ketones is 1. The van der Waals surface area contributed by atoms with Gasteiger partial charge >= 0.3 is 0 Å². The van der Waals surface area contributed by atoms with Crippen molar-refractivity contribution in [2.75, 3.05) is 13.9 Å². The predicted molar refractivity (Wildman–Crippen MR) is 79.4 cm³/mol. The molecule has 5 nitrogen and oxygen atoms in total. The first-order valence-electron chi connectivity index (χ1n) is 6.79. The monoisotopic (exact) mass is 297 g/mol. The van der Waals surface area contributed by atoms with Gasteiger partial charge in [0.15, 0.2) is 18.7 Å². The van der Waals surface area contributed by atoms with Crippen LogP contribution in [0.2, 0.25) is 0 Å². The van der Waals surface area contributed by atoms with Crippen LogP contribution in [0.4, 0.5) is 0 Å². The molecule has 0 amide bonds. The topological polar surface area (TPSA) is 63.2 Å². The quantitative estimate of drug-likeness (QED) is 0.465. The lowest BCUT2D eigenvalue weighted by molar-refractivity contribution is -0.689. The second kappa shape index (κ2) is 7.34. The number of Topliss-reactive ketones (excluding diaryl/α,β-unsaturated/α-hetero) is 1. The van der Waals surface area contributed by atoms with Crippen LogP contribution in [0.5, 0.6) is 5.75 Å². The number of nitrogens with zero attached hydrogens (tertiary/aromatic N) is 2. The smallest absolute Gasteiger partial charge is 0.227 e. The molecule has 0 aliphatic carbocycles. The molecule has 2 aromatic rings. The number of hydrogen-bond donors (Lipinski definition) is 0. The van der Waals surface area contributed by atoms with Gasteiger partial charge in [0.2, 0.25) is 12.3 Å². The molecule has 0 atom stereocenters. The van der Waals surface area contributed by atoms with Gasteiger partial charge in [-0.25, -0.2) is 0 Å². The highest BCUT2D eigenvalue weighted by atomic mass is 16.7. The number of pyridine rings is 1. The first-order chi connectivity index (χ1) is 10.6. The zero-order chi connectivity index (χ0) is 15.9. The summed E-state index contributed by atoms with van der Waals surface area (Å²) in [5.41, 5.74) is 2.04. The average molecular weight is 297 g/mol. The summed E-state index contributed by atoms with van der Waals surface area (Å²) in [5, 5.41) is 8.77. The Labute approximate surface area is 129 Å². The van der Waals surface area contributed by atoms with Crippen molar-refractivity contribution in [1.29, 1.82) is 5.26 Å². The van der Waals surface area contributed by atoms with E-state index in [9.17, 15) is 4.79 Å². The summed E-state index contributed by atoms with van der Waals surface area (Å²) in [6.45, 7) is 2.33. The van der Waals surface area contributed by atoms with Gasteiger partial charge in [0, 0.05) is 31.7 Å². The van der Waals surface area contributed by atoms with Crippen molar-refractivity contribution in [3.8, 4) is 11.8 Å². The molecule has 0 saturated carbocycles. The van der Waals surface area contributed by atoms with E-state index in [0.29, 0.717) is 16.9 Å². The van der Waals surface area contributed by atoms with Crippen molar-refractivity contribution in [2.45, 2.75) is 13.5 Å². The summed E-state index contributed by atoms with van der Waals surface area (Å²) in [6, 6.07) is 12.3. The standard InChI is InChI=1S/C17H17N2O3/c1-13-9-16(22-12-21-2)7-8-19(13)11-17(20)15-5-3-14(10-18)4-6-15/h3-9H,11-12H2,1-2H3/q+1. The first kappa shape index (κ1) is 15.7. The number of carbonyl (C=O) groups is 1. The molecule has 0 aliphatic heterocycles. The summed E-state index contributed by atoms with van der Waals surface area (Å²) in [4.78, 5) is 12.3. The van der Waals surface area contributed by atoms with Crippen molar-refractivity contribution >= 4 is 5.78 Å². The van der Waals surface area contributed by atoms with Gasteiger partial charge in [-0.15, -0.1) is 0 Å². The highest BCUT2D eigenvalue weighted by Crippen LogP contribution is 2.10. The van der Waals surface area contributed by atoms with Crippen LogP contribution in [0.3, 0.4) is 0 Å². The van der Waals surface area contributed by atoms with E-state index in [1.165, 1.54) is 0 Å². The van der Waals surface area contributed by atoms with E-state index in [4.69, 9.17) is 14.7 Å². The van der Waals surface area contributed by atoms with E-state index in [2.05, 4.69) is 0 Å². The normalized spacial score (nSPS) is 10.0. The van der Waals surface area contributed by atoms with Gasteiger partial charge in [-0.05, 0) is 24.3 Å². The van der Waals surface area contributed by atoms with Crippen molar-refractivity contribution in [2.24, 2.45) is 0 Å². The van der Waals surface area contributed by atoms with E-state index < -0.39 is 0 Å². The summed E-state index contributed by atoms with van der Waals surface area (Å²) >= 11 is 0. The minimum Gasteiger partial charge on any atom is -0.467 e. The second-order valence-electron chi connectivity index (χ2n) is 4.79. The lowest BCUT2D eigenvalue weighted by atomic mass is 10.1. The maximum absolute atomic E-state index is 12.3.